The molecule has 0 aromatic rings. The van der Waals surface area contributed by atoms with Crippen molar-refractivity contribution in [3.63, 3.8) is 0 Å². The van der Waals surface area contributed by atoms with E-state index in [1.165, 1.54) is 18.5 Å². The zero-order chi connectivity index (χ0) is 7.40. The molecule has 1 aliphatic heterocycles. The Morgan fingerprint density at radius 3 is 2.90 bits per heavy atom. The van der Waals surface area contributed by atoms with Crippen molar-refractivity contribution >= 4 is 0 Å². The maximum atomic E-state index is 8.65. The molecule has 1 N–H and O–H groups in total. The summed E-state index contributed by atoms with van der Waals surface area (Å²) in [7, 11) is 0. The third-order valence-corrected chi connectivity index (χ3v) is 1.96. The molecule has 0 radical (unpaired) electrons. The zero-order valence-corrected chi connectivity index (χ0v) is 6.34. The molecule has 1 heterocycles. The predicted octanol–water partition coefficient (Wildman–Crippen LogP) is 0.978. The van der Waals surface area contributed by atoms with E-state index in [0.717, 1.165) is 19.5 Å². The molecule has 1 aliphatic rings. The van der Waals surface area contributed by atoms with Crippen LogP contribution in [0.5, 0.6) is 0 Å². The smallest absolute Gasteiger partial charge is 0.0606 e. The summed E-state index contributed by atoms with van der Waals surface area (Å²) in [5, 5.41) is 8.65. The molecule has 0 aliphatic carbocycles. The van der Waals surface area contributed by atoms with Gasteiger partial charge in [-0.2, -0.15) is 0 Å². The molecule has 0 saturated carbocycles. The maximum absolute atomic E-state index is 8.65. The summed E-state index contributed by atoms with van der Waals surface area (Å²) >= 11 is 0. The molecule has 0 aromatic heterocycles. The van der Waals surface area contributed by atoms with Crippen LogP contribution in [-0.2, 0) is 0 Å². The lowest BCUT2D eigenvalue weighted by atomic mass is 10.1. The van der Waals surface area contributed by atoms with Gasteiger partial charge in [0.05, 0.1) is 6.61 Å². The van der Waals surface area contributed by atoms with Crippen LogP contribution in [0.25, 0.3) is 0 Å². The summed E-state index contributed by atoms with van der Waals surface area (Å²) < 4.78 is 0. The maximum Gasteiger partial charge on any atom is 0.0606 e. The van der Waals surface area contributed by atoms with Gasteiger partial charge in [-0.25, -0.2) is 0 Å². The molecule has 2 nitrogen and oxygen atoms in total. The molecule has 0 spiro atoms. The fourth-order valence-electron chi connectivity index (χ4n) is 1.34. The van der Waals surface area contributed by atoms with Gasteiger partial charge in [-0.15, -0.1) is 0 Å². The summed E-state index contributed by atoms with van der Waals surface area (Å²) in [6, 6.07) is 0. The van der Waals surface area contributed by atoms with Crippen LogP contribution in [0.1, 0.15) is 19.3 Å². The molecule has 1 saturated heterocycles. The Hall–Kier alpha value is -0.500. The van der Waals surface area contributed by atoms with Crippen LogP contribution in [0.4, 0.5) is 0 Å². The molecule has 58 valence electrons. The summed E-state index contributed by atoms with van der Waals surface area (Å²) in [6.07, 6.45) is 3.62. The van der Waals surface area contributed by atoms with E-state index in [4.69, 9.17) is 5.11 Å². The predicted molar refractivity (Wildman–Crippen MR) is 41.6 cm³/mol. The Morgan fingerprint density at radius 1 is 1.50 bits per heavy atom. The highest BCUT2D eigenvalue weighted by Gasteiger charge is 2.10. The van der Waals surface area contributed by atoms with Gasteiger partial charge < -0.3 is 10.0 Å². The number of β-amino-alcohol motifs (C(OH)–C–C–N with tert-alkyl or cyclic N) is 1. The summed E-state index contributed by atoms with van der Waals surface area (Å²) in [4.78, 5) is 2.17. The molecule has 0 bridgehead atoms. The van der Waals surface area contributed by atoms with Crippen LogP contribution in [-0.4, -0.2) is 29.7 Å². The average Bonchev–Trinajstić information content (AvgIpc) is 1.94. The van der Waals surface area contributed by atoms with E-state index in [-0.39, 0.29) is 6.61 Å². The minimum absolute atomic E-state index is 0.249. The van der Waals surface area contributed by atoms with Crippen molar-refractivity contribution < 1.29 is 5.11 Å². The van der Waals surface area contributed by atoms with E-state index in [1.54, 1.807) is 0 Å². The van der Waals surface area contributed by atoms with Crippen LogP contribution in [0.15, 0.2) is 12.3 Å². The number of likely N-dealkylation sites (tertiary alicyclic amines) is 1. The van der Waals surface area contributed by atoms with Crippen LogP contribution < -0.4 is 0 Å². The van der Waals surface area contributed by atoms with Crippen molar-refractivity contribution in [1.29, 1.82) is 0 Å². The Balaban J connectivity index is 2.32. The van der Waals surface area contributed by atoms with E-state index >= 15 is 0 Å². The number of allylic oxidation sites excluding steroid dienone is 1. The third kappa shape index (κ3) is 1.74. The van der Waals surface area contributed by atoms with Gasteiger partial charge in [0.25, 0.3) is 0 Å². The number of aliphatic hydroxyl groups excluding tert-OH is 1. The van der Waals surface area contributed by atoms with Gasteiger partial charge >= 0.3 is 0 Å². The average molecular weight is 141 g/mol. The molecule has 2 heteroatoms. The third-order valence-electron chi connectivity index (χ3n) is 1.96. The van der Waals surface area contributed by atoms with E-state index < -0.39 is 0 Å². The standard InChI is InChI=1S/C8H15NO/c1-8-4-2-3-5-9(8)6-7-10/h10H,1-7H2. The lowest BCUT2D eigenvalue weighted by molar-refractivity contribution is 0.208. The number of piperidine rings is 1. The fraction of sp³-hybridized carbons (Fsp3) is 0.750. The zero-order valence-electron chi connectivity index (χ0n) is 6.34. The highest BCUT2D eigenvalue weighted by Crippen LogP contribution is 2.17. The highest BCUT2D eigenvalue weighted by atomic mass is 16.3. The Kier molecular flexibility index (Phi) is 2.75. The number of aliphatic hydroxyl groups is 1. The first kappa shape index (κ1) is 7.61. The van der Waals surface area contributed by atoms with Gasteiger partial charge in [0.2, 0.25) is 0 Å². The molecule has 1 fully saturated rings. The first-order chi connectivity index (χ1) is 4.84. The van der Waals surface area contributed by atoms with Gasteiger partial charge in [-0.1, -0.05) is 6.58 Å². The Labute approximate surface area is 62.2 Å². The molecular formula is C8H15NO. The molecule has 0 unspecified atom stereocenters. The van der Waals surface area contributed by atoms with Crippen molar-refractivity contribution in [2.75, 3.05) is 19.7 Å². The monoisotopic (exact) mass is 141 g/mol. The second-order valence-corrected chi connectivity index (χ2v) is 2.73. The normalized spacial score (nSPS) is 19.7. The number of rotatable bonds is 2. The summed E-state index contributed by atoms with van der Waals surface area (Å²) in [5.41, 5.74) is 1.19. The Morgan fingerprint density at radius 2 is 2.30 bits per heavy atom. The van der Waals surface area contributed by atoms with Crippen LogP contribution in [0.3, 0.4) is 0 Å². The first-order valence-electron chi connectivity index (χ1n) is 3.88. The summed E-state index contributed by atoms with van der Waals surface area (Å²) in [5.74, 6) is 0. The minimum Gasteiger partial charge on any atom is -0.395 e. The fourth-order valence-corrected chi connectivity index (χ4v) is 1.34. The Bertz CT molecular complexity index is 120. The topological polar surface area (TPSA) is 23.5 Å². The van der Waals surface area contributed by atoms with Gasteiger partial charge in [-0.3, -0.25) is 0 Å². The molecule has 0 atom stereocenters. The first-order valence-corrected chi connectivity index (χ1v) is 3.88. The number of hydrogen-bond acceptors (Lipinski definition) is 2. The second-order valence-electron chi connectivity index (χ2n) is 2.73. The molecule has 0 aromatic carbocycles. The van der Waals surface area contributed by atoms with Crippen LogP contribution in [0, 0.1) is 0 Å². The van der Waals surface area contributed by atoms with Gasteiger partial charge in [0.1, 0.15) is 0 Å². The van der Waals surface area contributed by atoms with E-state index in [0.29, 0.717) is 0 Å². The van der Waals surface area contributed by atoms with Crippen molar-refractivity contribution in [2.45, 2.75) is 19.3 Å². The minimum atomic E-state index is 0.249. The van der Waals surface area contributed by atoms with Crippen molar-refractivity contribution in [3.8, 4) is 0 Å². The van der Waals surface area contributed by atoms with Crippen molar-refractivity contribution in [1.82, 2.24) is 4.90 Å². The van der Waals surface area contributed by atoms with Crippen LogP contribution in [0.2, 0.25) is 0 Å². The van der Waals surface area contributed by atoms with E-state index in [2.05, 4.69) is 11.5 Å². The lowest BCUT2D eigenvalue weighted by Crippen LogP contribution is -2.29. The van der Waals surface area contributed by atoms with Crippen molar-refractivity contribution in [3.05, 3.63) is 12.3 Å². The molecule has 1 rings (SSSR count). The van der Waals surface area contributed by atoms with E-state index in [1.807, 2.05) is 0 Å². The SMILES string of the molecule is C=C1CCCCN1CCO. The molecular weight excluding hydrogens is 126 g/mol. The summed E-state index contributed by atoms with van der Waals surface area (Å²) in [6.45, 7) is 6.02. The van der Waals surface area contributed by atoms with Crippen molar-refractivity contribution in [2.24, 2.45) is 0 Å². The van der Waals surface area contributed by atoms with Crippen LogP contribution >= 0.6 is 0 Å². The number of nitrogens with zero attached hydrogens (tertiary/aromatic N) is 1. The van der Waals surface area contributed by atoms with Gasteiger partial charge in [-0.05, 0) is 19.3 Å². The lowest BCUT2D eigenvalue weighted by Gasteiger charge is -2.30. The quantitative estimate of drug-likeness (QED) is 0.619. The molecule has 0 amide bonds. The second kappa shape index (κ2) is 3.62. The van der Waals surface area contributed by atoms with Gasteiger partial charge in [0, 0.05) is 18.8 Å². The molecule has 10 heavy (non-hydrogen) atoms. The number of hydrogen-bond donors (Lipinski definition) is 1. The largest absolute Gasteiger partial charge is 0.395 e. The van der Waals surface area contributed by atoms with E-state index in [9.17, 15) is 0 Å². The van der Waals surface area contributed by atoms with Gasteiger partial charge in [0.15, 0.2) is 0 Å². The highest BCUT2D eigenvalue weighted by molar-refractivity contribution is 4.96.